The van der Waals surface area contributed by atoms with Crippen molar-refractivity contribution in [2.24, 2.45) is 0 Å². The van der Waals surface area contributed by atoms with Crippen molar-refractivity contribution < 1.29 is 0 Å². The van der Waals surface area contributed by atoms with Gasteiger partial charge in [0.2, 0.25) is 17.8 Å². The molecule has 0 radical (unpaired) electrons. The summed E-state index contributed by atoms with van der Waals surface area (Å²) in [6, 6.07) is 2.25. The zero-order chi connectivity index (χ0) is 14.5. The molecule has 1 N–H and O–H groups in total. The van der Waals surface area contributed by atoms with Gasteiger partial charge in [0.15, 0.2) is 0 Å². The second-order valence-corrected chi connectivity index (χ2v) is 5.03. The highest BCUT2D eigenvalue weighted by atomic mass is 15.4. The van der Waals surface area contributed by atoms with Crippen LogP contribution in [0.2, 0.25) is 0 Å². The van der Waals surface area contributed by atoms with Crippen molar-refractivity contribution in [2.75, 3.05) is 42.3 Å². The summed E-state index contributed by atoms with van der Waals surface area (Å²) in [5, 5.41) is 11.8. The van der Waals surface area contributed by atoms with Gasteiger partial charge < -0.3 is 15.1 Å². The van der Waals surface area contributed by atoms with Gasteiger partial charge in [-0.25, -0.2) is 0 Å². The maximum Gasteiger partial charge on any atom is 0.231 e. The molecule has 0 saturated carbocycles. The van der Waals surface area contributed by atoms with Crippen molar-refractivity contribution in [3.05, 3.63) is 0 Å². The van der Waals surface area contributed by atoms with E-state index in [9.17, 15) is 0 Å². The van der Waals surface area contributed by atoms with Gasteiger partial charge in [0.1, 0.15) is 0 Å². The summed E-state index contributed by atoms with van der Waals surface area (Å²) in [4.78, 5) is 17.4. The number of nitriles is 1. The summed E-state index contributed by atoms with van der Waals surface area (Å²) < 4.78 is 0. The predicted molar refractivity (Wildman–Crippen MR) is 78.9 cm³/mol. The molecule has 2 rings (SSSR count). The van der Waals surface area contributed by atoms with Gasteiger partial charge in [-0.15, -0.1) is 0 Å². The molecular formula is C13H21N7. The fourth-order valence-corrected chi connectivity index (χ4v) is 2.15. The molecule has 108 valence electrons. The standard InChI is InChI=1S/C13H21N7/c1-10(6-7-14)19(3)12-16-11(15-2)17-13(18-12)20-8-4-5-9-20/h10H,4-6,8-9H2,1-3H3,(H,15,16,17,18). The molecule has 1 aromatic heterocycles. The van der Waals surface area contributed by atoms with Crippen LogP contribution in [0.5, 0.6) is 0 Å². The predicted octanol–water partition coefficient (Wildman–Crippen LogP) is 1.25. The van der Waals surface area contributed by atoms with Gasteiger partial charge in [0.05, 0.1) is 12.5 Å². The molecule has 1 aliphatic heterocycles. The molecule has 0 aliphatic carbocycles. The van der Waals surface area contributed by atoms with E-state index in [4.69, 9.17) is 5.26 Å². The molecule has 0 spiro atoms. The lowest BCUT2D eigenvalue weighted by Gasteiger charge is -2.24. The molecule has 1 saturated heterocycles. The largest absolute Gasteiger partial charge is 0.357 e. The van der Waals surface area contributed by atoms with Gasteiger partial charge in [0, 0.05) is 33.2 Å². The second-order valence-electron chi connectivity index (χ2n) is 5.03. The lowest BCUT2D eigenvalue weighted by atomic mass is 10.2. The highest BCUT2D eigenvalue weighted by molar-refractivity contribution is 5.45. The van der Waals surface area contributed by atoms with Crippen LogP contribution in [-0.4, -0.2) is 48.2 Å². The Kier molecular flexibility index (Phi) is 4.56. The molecule has 0 aromatic carbocycles. The number of nitrogens with one attached hydrogen (secondary N) is 1. The van der Waals surface area contributed by atoms with Crippen LogP contribution in [0.25, 0.3) is 0 Å². The average molecular weight is 275 g/mol. The highest BCUT2D eigenvalue weighted by Gasteiger charge is 2.20. The third-order valence-corrected chi connectivity index (χ3v) is 3.59. The highest BCUT2D eigenvalue weighted by Crippen LogP contribution is 2.21. The van der Waals surface area contributed by atoms with E-state index in [-0.39, 0.29) is 6.04 Å². The Morgan fingerprint density at radius 3 is 2.65 bits per heavy atom. The van der Waals surface area contributed by atoms with Crippen LogP contribution < -0.4 is 15.1 Å². The van der Waals surface area contributed by atoms with Gasteiger partial charge in [-0.2, -0.15) is 20.2 Å². The Morgan fingerprint density at radius 2 is 2.05 bits per heavy atom. The first-order valence-electron chi connectivity index (χ1n) is 6.94. The Hall–Kier alpha value is -2.10. The number of hydrogen-bond donors (Lipinski definition) is 1. The molecule has 1 atom stereocenters. The van der Waals surface area contributed by atoms with Crippen molar-refractivity contribution in [1.82, 2.24) is 15.0 Å². The minimum absolute atomic E-state index is 0.0681. The molecule has 7 heteroatoms. The number of hydrogen-bond acceptors (Lipinski definition) is 7. The third kappa shape index (κ3) is 3.07. The zero-order valence-electron chi connectivity index (χ0n) is 12.3. The first-order valence-corrected chi connectivity index (χ1v) is 6.94. The topological polar surface area (TPSA) is 81.0 Å². The van der Waals surface area contributed by atoms with Crippen LogP contribution in [0.1, 0.15) is 26.2 Å². The summed E-state index contributed by atoms with van der Waals surface area (Å²) >= 11 is 0. The van der Waals surface area contributed by atoms with Crippen LogP contribution in [0.15, 0.2) is 0 Å². The monoisotopic (exact) mass is 275 g/mol. The van der Waals surface area contributed by atoms with Crippen molar-refractivity contribution >= 4 is 17.8 Å². The van der Waals surface area contributed by atoms with E-state index in [0.29, 0.717) is 24.3 Å². The molecule has 1 fully saturated rings. The molecular weight excluding hydrogens is 254 g/mol. The van der Waals surface area contributed by atoms with Crippen LogP contribution in [0, 0.1) is 11.3 Å². The normalized spacial score (nSPS) is 15.8. The maximum absolute atomic E-state index is 8.81. The molecule has 20 heavy (non-hydrogen) atoms. The van der Waals surface area contributed by atoms with Crippen LogP contribution in [0.4, 0.5) is 17.8 Å². The lowest BCUT2D eigenvalue weighted by molar-refractivity contribution is 0.679. The molecule has 0 bridgehead atoms. The number of aromatic nitrogens is 3. The van der Waals surface area contributed by atoms with Crippen molar-refractivity contribution in [3.63, 3.8) is 0 Å². The second kappa shape index (κ2) is 6.37. The van der Waals surface area contributed by atoms with Gasteiger partial charge in [-0.3, -0.25) is 0 Å². The van der Waals surface area contributed by atoms with Crippen LogP contribution in [-0.2, 0) is 0 Å². The summed E-state index contributed by atoms with van der Waals surface area (Å²) in [6.45, 7) is 3.97. The summed E-state index contributed by atoms with van der Waals surface area (Å²) in [5.41, 5.74) is 0. The average Bonchev–Trinajstić information content (AvgIpc) is 3.00. The van der Waals surface area contributed by atoms with Crippen LogP contribution in [0.3, 0.4) is 0 Å². The fraction of sp³-hybridized carbons (Fsp3) is 0.692. The Morgan fingerprint density at radius 1 is 1.35 bits per heavy atom. The smallest absolute Gasteiger partial charge is 0.231 e. The number of rotatable bonds is 5. The summed E-state index contributed by atoms with van der Waals surface area (Å²) in [7, 11) is 3.70. The SMILES string of the molecule is CNc1nc(N2CCCC2)nc(N(C)C(C)CC#N)n1. The number of nitrogens with zero attached hydrogens (tertiary/aromatic N) is 6. The third-order valence-electron chi connectivity index (χ3n) is 3.59. The van der Waals surface area contributed by atoms with E-state index >= 15 is 0 Å². The molecule has 1 unspecified atom stereocenters. The van der Waals surface area contributed by atoms with E-state index in [1.54, 1.807) is 7.05 Å². The van der Waals surface area contributed by atoms with E-state index in [2.05, 4.69) is 31.2 Å². The van der Waals surface area contributed by atoms with Gasteiger partial charge in [-0.05, 0) is 19.8 Å². The molecule has 1 aromatic rings. The van der Waals surface area contributed by atoms with E-state index < -0.39 is 0 Å². The Balaban J connectivity index is 2.27. The first kappa shape index (κ1) is 14.3. The minimum atomic E-state index is 0.0681. The lowest BCUT2D eigenvalue weighted by Crippen LogP contribution is -2.31. The number of anilines is 3. The van der Waals surface area contributed by atoms with E-state index in [1.807, 2.05) is 18.9 Å². The fourth-order valence-electron chi connectivity index (χ4n) is 2.15. The Bertz CT molecular complexity index is 490. The Labute approximate surface area is 119 Å². The van der Waals surface area contributed by atoms with E-state index in [0.717, 1.165) is 13.1 Å². The zero-order valence-corrected chi connectivity index (χ0v) is 12.3. The van der Waals surface area contributed by atoms with Gasteiger partial charge in [0.25, 0.3) is 0 Å². The van der Waals surface area contributed by atoms with Crippen LogP contribution >= 0.6 is 0 Å². The minimum Gasteiger partial charge on any atom is -0.357 e. The van der Waals surface area contributed by atoms with Gasteiger partial charge in [-0.1, -0.05) is 0 Å². The van der Waals surface area contributed by atoms with E-state index in [1.165, 1.54) is 12.8 Å². The van der Waals surface area contributed by atoms with Gasteiger partial charge >= 0.3 is 0 Å². The first-order chi connectivity index (χ1) is 9.65. The van der Waals surface area contributed by atoms with Crippen molar-refractivity contribution in [1.29, 1.82) is 5.26 Å². The maximum atomic E-state index is 8.81. The molecule has 0 amide bonds. The molecule has 1 aliphatic rings. The van der Waals surface area contributed by atoms with Crippen molar-refractivity contribution in [2.45, 2.75) is 32.2 Å². The summed E-state index contributed by atoms with van der Waals surface area (Å²) in [5.74, 6) is 1.88. The molecule has 7 nitrogen and oxygen atoms in total. The quantitative estimate of drug-likeness (QED) is 0.866. The summed E-state index contributed by atoms with van der Waals surface area (Å²) in [6.07, 6.45) is 2.79. The van der Waals surface area contributed by atoms with Crippen molar-refractivity contribution in [3.8, 4) is 6.07 Å². The molecule has 2 heterocycles.